The zero-order valence-electron chi connectivity index (χ0n) is 15.8. The van der Waals surface area contributed by atoms with E-state index in [0.717, 1.165) is 30.7 Å². The first-order valence-electron chi connectivity index (χ1n) is 10.2. The number of benzene rings is 2. The van der Waals surface area contributed by atoms with Crippen LogP contribution in [-0.2, 0) is 16.1 Å². The number of esters is 1. The SMILES string of the molecule is O=C1C[N+]2(CCCCCC2)C[C@H](Cn2c3ccccc3c3ccccc32)O1. The molecule has 4 heteroatoms. The molecule has 0 radical (unpaired) electrons. The van der Waals surface area contributed by atoms with Crippen molar-refractivity contribution in [1.82, 2.24) is 4.57 Å². The molecule has 2 fully saturated rings. The molecule has 5 rings (SSSR count). The lowest BCUT2D eigenvalue weighted by Gasteiger charge is -2.42. The highest BCUT2D eigenvalue weighted by molar-refractivity contribution is 6.07. The lowest BCUT2D eigenvalue weighted by atomic mass is 10.1. The second-order valence-electron chi connectivity index (χ2n) is 8.30. The van der Waals surface area contributed by atoms with Gasteiger partial charge in [0.1, 0.15) is 6.54 Å². The Morgan fingerprint density at radius 1 is 0.889 bits per heavy atom. The molecule has 1 spiro atoms. The maximum absolute atomic E-state index is 12.5. The van der Waals surface area contributed by atoms with Crippen molar-refractivity contribution in [2.45, 2.75) is 38.3 Å². The van der Waals surface area contributed by atoms with Crippen LogP contribution in [-0.4, -0.2) is 47.3 Å². The number of cyclic esters (lactones) is 1. The van der Waals surface area contributed by atoms with E-state index in [2.05, 4.69) is 53.1 Å². The Hall–Kier alpha value is -2.33. The van der Waals surface area contributed by atoms with Gasteiger partial charge in [0.2, 0.25) is 0 Å². The second kappa shape index (κ2) is 6.68. The fourth-order valence-electron chi connectivity index (χ4n) is 5.23. The molecule has 0 N–H and O–H groups in total. The lowest BCUT2D eigenvalue weighted by Crippen LogP contribution is -2.60. The molecule has 140 valence electrons. The third-order valence-corrected chi connectivity index (χ3v) is 6.43. The summed E-state index contributed by atoms with van der Waals surface area (Å²) in [5.74, 6) is -0.0195. The molecule has 2 saturated heterocycles. The van der Waals surface area contributed by atoms with Crippen molar-refractivity contribution < 1.29 is 14.0 Å². The van der Waals surface area contributed by atoms with Crippen LogP contribution in [0.15, 0.2) is 48.5 Å². The molecule has 2 aliphatic rings. The van der Waals surface area contributed by atoms with Gasteiger partial charge in [-0.1, -0.05) is 36.4 Å². The van der Waals surface area contributed by atoms with Crippen molar-refractivity contribution in [3.8, 4) is 0 Å². The summed E-state index contributed by atoms with van der Waals surface area (Å²) in [6.45, 7) is 4.49. The van der Waals surface area contributed by atoms with Gasteiger partial charge in [0, 0.05) is 21.8 Å². The average Bonchev–Trinajstić information content (AvgIpc) is 2.81. The van der Waals surface area contributed by atoms with Crippen LogP contribution in [0.4, 0.5) is 0 Å². The van der Waals surface area contributed by atoms with Crippen molar-refractivity contribution in [2.75, 3.05) is 26.2 Å². The maximum Gasteiger partial charge on any atom is 0.362 e. The summed E-state index contributed by atoms with van der Waals surface area (Å²) in [6, 6.07) is 17.1. The Bertz CT molecular complexity index is 929. The molecule has 0 aliphatic carbocycles. The fourth-order valence-corrected chi connectivity index (χ4v) is 5.23. The number of rotatable bonds is 2. The van der Waals surface area contributed by atoms with Gasteiger partial charge in [-0.05, 0) is 37.8 Å². The Morgan fingerprint density at radius 2 is 1.48 bits per heavy atom. The first-order valence-corrected chi connectivity index (χ1v) is 10.2. The van der Waals surface area contributed by atoms with E-state index in [1.54, 1.807) is 0 Å². The van der Waals surface area contributed by atoms with Crippen LogP contribution in [0.2, 0.25) is 0 Å². The number of nitrogens with zero attached hydrogens (tertiary/aromatic N) is 2. The van der Waals surface area contributed by atoms with Crippen LogP contribution in [0.1, 0.15) is 25.7 Å². The summed E-state index contributed by atoms with van der Waals surface area (Å²) >= 11 is 0. The first kappa shape index (κ1) is 16.8. The summed E-state index contributed by atoms with van der Waals surface area (Å²) in [7, 11) is 0. The van der Waals surface area contributed by atoms with E-state index >= 15 is 0 Å². The van der Waals surface area contributed by atoms with Crippen LogP contribution < -0.4 is 0 Å². The zero-order chi connectivity index (χ0) is 18.3. The van der Waals surface area contributed by atoms with Crippen LogP contribution in [0.5, 0.6) is 0 Å². The molecule has 0 amide bonds. The molecule has 0 bridgehead atoms. The Labute approximate surface area is 159 Å². The van der Waals surface area contributed by atoms with E-state index in [-0.39, 0.29) is 12.1 Å². The monoisotopic (exact) mass is 363 g/mol. The molecule has 2 aliphatic heterocycles. The smallest absolute Gasteiger partial charge is 0.362 e. The highest BCUT2D eigenvalue weighted by atomic mass is 16.5. The van der Waals surface area contributed by atoms with Crippen molar-refractivity contribution in [3.63, 3.8) is 0 Å². The molecule has 27 heavy (non-hydrogen) atoms. The predicted molar refractivity (Wildman–Crippen MR) is 108 cm³/mol. The standard InChI is InChI=1S/C23H27N2O2/c26-23-17-25(13-7-1-2-8-14-25)16-18(27-23)15-24-21-11-5-3-9-19(21)20-10-4-6-12-22(20)24/h3-6,9-12,18H,1-2,7-8,13-17H2/q+1/t18-/m0/s1. The van der Waals surface area contributed by atoms with E-state index in [1.807, 2.05) is 0 Å². The van der Waals surface area contributed by atoms with Gasteiger partial charge in [-0.25, -0.2) is 4.79 Å². The molecule has 1 atom stereocenters. The van der Waals surface area contributed by atoms with Crippen LogP contribution >= 0.6 is 0 Å². The predicted octanol–water partition coefficient (Wildman–Crippen LogP) is 4.11. The number of hydrogen-bond donors (Lipinski definition) is 0. The van der Waals surface area contributed by atoms with Crippen molar-refractivity contribution in [2.24, 2.45) is 0 Å². The minimum absolute atomic E-state index is 0.0195. The summed E-state index contributed by atoms with van der Waals surface area (Å²) in [5.41, 5.74) is 2.45. The van der Waals surface area contributed by atoms with E-state index in [0.29, 0.717) is 6.54 Å². The number of ether oxygens (including phenoxy) is 1. The number of aromatic nitrogens is 1. The van der Waals surface area contributed by atoms with Crippen molar-refractivity contribution in [3.05, 3.63) is 48.5 Å². The topological polar surface area (TPSA) is 31.2 Å². The normalized spacial score (nSPS) is 22.8. The van der Waals surface area contributed by atoms with Crippen LogP contribution in [0, 0.1) is 0 Å². The molecule has 0 saturated carbocycles. The van der Waals surface area contributed by atoms with Crippen LogP contribution in [0.3, 0.4) is 0 Å². The van der Waals surface area contributed by atoms with Crippen molar-refractivity contribution in [1.29, 1.82) is 0 Å². The molecule has 3 aromatic rings. The largest absolute Gasteiger partial charge is 0.450 e. The minimum Gasteiger partial charge on any atom is -0.450 e. The summed E-state index contributed by atoms with van der Waals surface area (Å²) in [6.07, 6.45) is 5.01. The molecular formula is C23H27N2O2+. The highest BCUT2D eigenvalue weighted by Crippen LogP contribution is 2.30. The van der Waals surface area contributed by atoms with E-state index in [1.165, 1.54) is 47.5 Å². The van der Waals surface area contributed by atoms with Gasteiger partial charge < -0.3 is 13.8 Å². The van der Waals surface area contributed by atoms with Gasteiger partial charge in [0.05, 0.1) is 19.6 Å². The number of carbonyl (C=O) groups is 1. The quantitative estimate of drug-likeness (QED) is 0.507. The third-order valence-electron chi connectivity index (χ3n) is 6.43. The summed E-state index contributed by atoms with van der Waals surface area (Å²) < 4.78 is 9.13. The fraction of sp³-hybridized carbons (Fsp3) is 0.435. The number of quaternary nitrogens is 1. The van der Waals surface area contributed by atoms with E-state index < -0.39 is 0 Å². The molecule has 3 heterocycles. The van der Waals surface area contributed by atoms with Gasteiger partial charge in [-0.15, -0.1) is 0 Å². The lowest BCUT2D eigenvalue weighted by molar-refractivity contribution is -0.928. The Morgan fingerprint density at radius 3 is 2.11 bits per heavy atom. The number of morpholine rings is 1. The zero-order valence-corrected chi connectivity index (χ0v) is 15.8. The molecule has 4 nitrogen and oxygen atoms in total. The number of para-hydroxylation sites is 2. The van der Waals surface area contributed by atoms with Gasteiger partial charge >= 0.3 is 5.97 Å². The third kappa shape index (κ3) is 3.02. The number of fused-ring (bicyclic) bond motifs is 3. The van der Waals surface area contributed by atoms with Gasteiger partial charge in [-0.2, -0.15) is 0 Å². The van der Waals surface area contributed by atoms with Crippen LogP contribution in [0.25, 0.3) is 21.8 Å². The van der Waals surface area contributed by atoms with Gasteiger partial charge in [0.25, 0.3) is 0 Å². The molecule has 2 aromatic carbocycles. The number of hydrogen-bond acceptors (Lipinski definition) is 2. The average molecular weight is 363 g/mol. The molecule has 0 unspecified atom stereocenters. The van der Waals surface area contributed by atoms with Crippen molar-refractivity contribution >= 4 is 27.8 Å². The maximum atomic E-state index is 12.5. The Kier molecular flexibility index (Phi) is 4.16. The molecule has 1 aromatic heterocycles. The molecular weight excluding hydrogens is 336 g/mol. The first-order chi connectivity index (χ1) is 13.2. The Balaban J connectivity index is 1.51. The minimum atomic E-state index is -0.0523. The second-order valence-corrected chi connectivity index (χ2v) is 8.30. The highest BCUT2D eigenvalue weighted by Gasteiger charge is 2.41. The van der Waals surface area contributed by atoms with E-state index in [9.17, 15) is 4.79 Å². The summed E-state index contributed by atoms with van der Waals surface area (Å²) in [5, 5.41) is 2.54. The summed E-state index contributed by atoms with van der Waals surface area (Å²) in [4.78, 5) is 12.5. The van der Waals surface area contributed by atoms with Gasteiger partial charge in [-0.3, -0.25) is 0 Å². The van der Waals surface area contributed by atoms with Gasteiger partial charge in [0.15, 0.2) is 12.6 Å². The number of carbonyl (C=O) groups excluding carboxylic acids is 1. The van der Waals surface area contributed by atoms with E-state index in [4.69, 9.17) is 4.74 Å².